The zero-order chi connectivity index (χ0) is 28.4. The first-order chi connectivity index (χ1) is 19.1. The Kier molecular flexibility index (Phi) is 7.38. The third-order valence-electron chi connectivity index (χ3n) is 6.68. The van der Waals surface area contributed by atoms with E-state index >= 15 is 0 Å². The molecule has 3 aromatic carbocycles. The van der Waals surface area contributed by atoms with E-state index in [1.54, 1.807) is 41.3 Å². The highest BCUT2D eigenvalue weighted by molar-refractivity contribution is 6.07. The van der Waals surface area contributed by atoms with Gasteiger partial charge in [0.2, 0.25) is 0 Å². The Morgan fingerprint density at radius 3 is 2.30 bits per heavy atom. The molecular weight excluding hydrogens is 510 g/mol. The number of anilines is 2. The largest absolute Gasteiger partial charge is 0.486 e. The van der Waals surface area contributed by atoms with Gasteiger partial charge in [-0.05, 0) is 93.3 Å². The molecule has 0 aromatic heterocycles. The minimum absolute atomic E-state index is 0.254. The van der Waals surface area contributed by atoms with Gasteiger partial charge in [0, 0.05) is 35.6 Å². The Morgan fingerprint density at radius 2 is 1.52 bits per heavy atom. The summed E-state index contributed by atoms with van der Waals surface area (Å²) in [6.45, 7) is 9.31. The maximum Gasteiger partial charge on any atom is 0.410 e. The number of nitrogens with zero attached hydrogens (tertiary/aromatic N) is 1. The maximum absolute atomic E-state index is 13.2. The van der Waals surface area contributed by atoms with Crippen molar-refractivity contribution in [3.63, 3.8) is 0 Å². The molecule has 2 N–H and O–H groups in total. The Bertz CT molecular complexity index is 1480. The van der Waals surface area contributed by atoms with Crippen LogP contribution < -0.4 is 20.1 Å². The molecular formula is C31H33N3O6. The molecule has 0 saturated carbocycles. The summed E-state index contributed by atoms with van der Waals surface area (Å²) in [6.07, 6.45) is 0.298. The molecule has 3 amide bonds. The Balaban J connectivity index is 1.25. The first-order valence-electron chi connectivity index (χ1n) is 13.3. The van der Waals surface area contributed by atoms with Crippen LogP contribution in [0.15, 0.2) is 54.6 Å². The van der Waals surface area contributed by atoms with E-state index in [0.717, 1.165) is 16.7 Å². The number of rotatable bonds is 4. The van der Waals surface area contributed by atoms with Gasteiger partial charge in [0.05, 0.1) is 0 Å². The number of hydrogen-bond donors (Lipinski definition) is 2. The summed E-state index contributed by atoms with van der Waals surface area (Å²) >= 11 is 0. The lowest BCUT2D eigenvalue weighted by molar-refractivity contribution is 0.0223. The summed E-state index contributed by atoms with van der Waals surface area (Å²) in [5, 5.41) is 5.85. The fourth-order valence-corrected chi connectivity index (χ4v) is 4.59. The monoisotopic (exact) mass is 543 g/mol. The van der Waals surface area contributed by atoms with E-state index in [1.165, 1.54) is 0 Å². The van der Waals surface area contributed by atoms with Crippen molar-refractivity contribution in [2.45, 2.75) is 46.3 Å². The van der Waals surface area contributed by atoms with Crippen molar-refractivity contribution in [3.8, 4) is 11.5 Å². The second kappa shape index (κ2) is 10.9. The second-order valence-corrected chi connectivity index (χ2v) is 10.9. The van der Waals surface area contributed by atoms with Gasteiger partial charge in [0.1, 0.15) is 18.8 Å². The predicted molar refractivity (Wildman–Crippen MR) is 151 cm³/mol. The first kappa shape index (κ1) is 27.1. The van der Waals surface area contributed by atoms with E-state index in [1.807, 2.05) is 45.9 Å². The molecule has 208 valence electrons. The fourth-order valence-electron chi connectivity index (χ4n) is 4.59. The van der Waals surface area contributed by atoms with Crippen molar-refractivity contribution in [1.29, 1.82) is 0 Å². The summed E-state index contributed by atoms with van der Waals surface area (Å²) in [5.41, 5.74) is 4.44. The van der Waals surface area contributed by atoms with Crippen molar-refractivity contribution >= 4 is 29.3 Å². The van der Waals surface area contributed by atoms with Crippen LogP contribution >= 0.6 is 0 Å². The lowest BCUT2D eigenvalue weighted by Gasteiger charge is -2.31. The summed E-state index contributed by atoms with van der Waals surface area (Å²) in [4.78, 5) is 40.2. The van der Waals surface area contributed by atoms with Crippen molar-refractivity contribution in [3.05, 3.63) is 82.4 Å². The highest BCUT2D eigenvalue weighted by atomic mass is 16.6. The van der Waals surface area contributed by atoms with Crippen LogP contribution in [-0.2, 0) is 17.7 Å². The quantitative estimate of drug-likeness (QED) is 0.446. The highest BCUT2D eigenvalue weighted by Gasteiger charge is 2.26. The number of fused-ring (bicyclic) bond motifs is 2. The van der Waals surface area contributed by atoms with Crippen LogP contribution in [0.25, 0.3) is 0 Å². The van der Waals surface area contributed by atoms with Crippen molar-refractivity contribution in [1.82, 2.24) is 4.90 Å². The van der Waals surface area contributed by atoms with E-state index in [4.69, 9.17) is 14.2 Å². The molecule has 0 unspecified atom stereocenters. The molecule has 0 aliphatic carbocycles. The van der Waals surface area contributed by atoms with Crippen LogP contribution in [0.1, 0.15) is 58.2 Å². The van der Waals surface area contributed by atoms with Gasteiger partial charge in [0.25, 0.3) is 11.8 Å². The minimum Gasteiger partial charge on any atom is -0.486 e. The lowest BCUT2D eigenvalue weighted by Crippen LogP contribution is -2.39. The molecule has 0 saturated heterocycles. The van der Waals surface area contributed by atoms with Gasteiger partial charge in [-0.1, -0.05) is 12.1 Å². The zero-order valence-electron chi connectivity index (χ0n) is 23.1. The van der Waals surface area contributed by atoms with Gasteiger partial charge in [0.15, 0.2) is 11.5 Å². The molecule has 9 heteroatoms. The van der Waals surface area contributed by atoms with Gasteiger partial charge in [-0.15, -0.1) is 0 Å². The fraction of sp³-hybridized carbons (Fsp3) is 0.323. The van der Waals surface area contributed by atoms with Crippen LogP contribution in [0.2, 0.25) is 0 Å². The van der Waals surface area contributed by atoms with E-state index < -0.39 is 5.60 Å². The molecule has 2 heterocycles. The van der Waals surface area contributed by atoms with Crippen molar-refractivity contribution < 1.29 is 28.6 Å². The normalized spacial score (nSPS) is 14.2. The third kappa shape index (κ3) is 6.20. The number of benzene rings is 3. The van der Waals surface area contributed by atoms with E-state index in [0.29, 0.717) is 66.7 Å². The predicted octanol–water partition coefficient (Wildman–Crippen LogP) is 5.56. The number of amides is 3. The van der Waals surface area contributed by atoms with Crippen LogP contribution in [0.3, 0.4) is 0 Å². The molecule has 2 aliphatic rings. The average molecular weight is 544 g/mol. The van der Waals surface area contributed by atoms with Crippen LogP contribution in [0.4, 0.5) is 16.2 Å². The van der Waals surface area contributed by atoms with Gasteiger partial charge in [-0.2, -0.15) is 0 Å². The van der Waals surface area contributed by atoms with Gasteiger partial charge in [-0.3, -0.25) is 9.59 Å². The van der Waals surface area contributed by atoms with E-state index in [-0.39, 0.29) is 17.9 Å². The summed E-state index contributed by atoms with van der Waals surface area (Å²) < 4.78 is 16.6. The second-order valence-electron chi connectivity index (χ2n) is 10.9. The zero-order valence-corrected chi connectivity index (χ0v) is 23.1. The van der Waals surface area contributed by atoms with Crippen LogP contribution in [0, 0.1) is 6.92 Å². The molecule has 0 atom stereocenters. The molecule has 40 heavy (non-hydrogen) atoms. The summed E-state index contributed by atoms with van der Waals surface area (Å²) in [6, 6.07) is 15.9. The number of carbonyl (C=O) groups is 3. The lowest BCUT2D eigenvalue weighted by atomic mass is 9.97. The molecule has 0 radical (unpaired) electrons. The maximum atomic E-state index is 13.2. The summed E-state index contributed by atoms with van der Waals surface area (Å²) in [7, 11) is 0. The molecule has 0 bridgehead atoms. The molecule has 2 aliphatic heterocycles. The smallest absolute Gasteiger partial charge is 0.410 e. The van der Waals surface area contributed by atoms with Crippen LogP contribution in [-0.4, -0.2) is 48.2 Å². The number of nitrogens with one attached hydrogen (secondary N) is 2. The van der Waals surface area contributed by atoms with Crippen LogP contribution in [0.5, 0.6) is 11.5 Å². The number of hydrogen-bond acceptors (Lipinski definition) is 6. The van der Waals surface area contributed by atoms with Gasteiger partial charge in [-0.25, -0.2) is 4.79 Å². The topological polar surface area (TPSA) is 106 Å². The summed E-state index contributed by atoms with van der Waals surface area (Å²) in [5.74, 6) is 0.605. The molecule has 3 aromatic rings. The first-order valence-corrected chi connectivity index (χ1v) is 13.3. The number of aryl methyl sites for hydroxylation is 1. The minimum atomic E-state index is -0.553. The SMILES string of the molecule is Cc1ccc(NC(=O)c2ccc3c(c2)OCCO3)cc1NC(=O)c1ccc2c(c1)CCN(C(=O)OC(C)(C)C)C2. The highest BCUT2D eigenvalue weighted by Crippen LogP contribution is 2.31. The number of ether oxygens (including phenoxy) is 3. The Hall–Kier alpha value is -4.53. The van der Waals surface area contributed by atoms with E-state index in [9.17, 15) is 14.4 Å². The average Bonchev–Trinajstić information content (AvgIpc) is 2.93. The molecule has 5 rings (SSSR count). The van der Waals surface area contributed by atoms with Crippen molar-refractivity contribution in [2.75, 3.05) is 30.4 Å². The van der Waals surface area contributed by atoms with Crippen molar-refractivity contribution in [2.24, 2.45) is 0 Å². The van der Waals surface area contributed by atoms with Gasteiger partial charge >= 0.3 is 6.09 Å². The Labute approximate surface area is 233 Å². The molecule has 0 fully saturated rings. The standard InChI is InChI=1S/C31H33N3O6/c1-19-5-9-24(32-28(35)22-8-10-26-27(16-22)39-14-13-38-26)17-25(19)33-29(36)21-6-7-23-18-34(12-11-20(23)15-21)30(37)40-31(2,3)4/h5-10,15-17H,11-14,18H2,1-4H3,(H,32,35)(H,33,36). The third-order valence-corrected chi connectivity index (χ3v) is 6.68. The Morgan fingerprint density at radius 1 is 0.825 bits per heavy atom. The molecule has 0 spiro atoms. The molecule has 9 nitrogen and oxygen atoms in total. The van der Waals surface area contributed by atoms with Gasteiger partial charge < -0.3 is 29.7 Å². The number of carbonyl (C=O) groups excluding carboxylic acids is 3. The van der Waals surface area contributed by atoms with E-state index in [2.05, 4.69) is 10.6 Å².